The highest BCUT2D eigenvalue weighted by Crippen LogP contribution is 2.60. The molecule has 6 rings (SSSR count). The first-order chi connectivity index (χ1) is 13.6. The first-order valence-corrected chi connectivity index (χ1v) is 10.7. The third-order valence-corrected chi connectivity index (χ3v) is 7.39. The third-order valence-electron chi connectivity index (χ3n) is 7.39. The van der Waals surface area contributed by atoms with Gasteiger partial charge in [0.2, 0.25) is 0 Å². The molecule has 4 aliphatic carbocycles. The number of amides is 1. The molecule has 0 unspecified atom stereocenters. The molecule has 4 bridgehead atoms. The Kier molecular flexibility index (Phi) is 4.41. The van der Waals surface area contributed by atoms with Crippen molar-refractivity contribution in [3.63, 3.8) is 0 Å². The Labute approximate surface area is 167 Å². The second kappa shape index (κ2) is 6.95. The average molecular weight is 376 g/mol. The summed E-state index contributed by atoms with van der Waals surface area (Å²) in [5.41, 5.74) is 3.42. The molecule has 4 saturated carbocycles. The number of hydrogen-bond donors (Lipinski definition) is 1. The zero-order valence-corrected chi connectivity index (χ0v) is 16.6. The van der Waals surface area contributed by atoms with Gasteiger partial charge >= 0.3 is 0 Å². The topological polar surface area (TPSA) is 38.3 Å². The number of ether oxygens (including phenoxy) is 1. The van der Waals surface area contributed by atoms with E-state index in [1.165, 1.54) is 44.1 Å². The number of hydrogen-bond acceptors (Lipinski definition) is 2. The predicted molar refractivity (Wildman–Crippen MR) is 110 cm³/mol. The van der Waals surface area contributed by atoms with Crippen LogP contribution in [0.3, 0.4) is 0 Å². The van der Waals surface area contributed by atoms with Crippen molar-refractivity contribution in [1.29, 1.82) is 0 Å². The summed E-state index contributed by atoms with van der Waals surface area (Å²) in [7, 11) is 1.65. The molecule has 0 atom stereocenters. The van der Waals surface area contributed by atoms with Crippen LogP contribution in [0.25, 0.3) is 0 Å². The van der Waals surface area contributed by atoms with Crippen molar-refractivity contribution in [1.82, 2.24) is 5.32 Å². The molecular formula is C25H29NO2. The first-order valence-electron chi connectivity index (χ1n) is 10.7. The van der Waals surface area contributed by atoms with Crippen molar-refractivity contribution in [2.75, 3.05) is 7.11 Å². The van der Waals surface area contributed by atoms with Crippen LogP contribution in [-0.2, 0) is 12.0 Å². The fraction of sp³-hybridized carbons (Fsp3) is 0.480. The van der Waals surface area contributed by atoms with E-state index in [0.717, 1.165) is 23.3 Å². The van der Waals surface area contributed by atoms with E-state index in [1.54, 1.807) is 7.11 Å². The molecule has 1 N–H and O–H groups in total. The summed E-state index contributed by atoms with van der Waals surface area (Å²) in [5, 5.41) is 3.07. The van der Waals surface area contributed by atoms with Crippen LogP contribution in [0, 0.1) is 17.8 Å². The number of benzene rings is 2. The second-order valence-corrected chi connectivity index (χ2v) is 9.28. The minimum Gasteiger partial charge on any atom is -0.496 e. The number of carbonyl (C=O) groups excluding carboxylic acids is 1. The molecule has 2 aromatic rings. The Morgan fingerprint density at radius 2 is 1.64 bits per heavy atom. The minimum atomic E-state index is -0.0488. The molecule has 4 aliphatic rings. The number of carbonyl (C=O) groups is 1. The van der Waals surface area contributed by atoms with Gasteiger partial charge in [-0.05, 0) is 85.0 Å². The lowest BCUT2D eigenvalue weighted by Crippen LogP contribution is -2.48. The Balaban J connectivity index is 1.41. The molecule has 4 fully saturated rings. The molecule has 0 heterocycles. The molecule has 0 radical (unpaired) electrons. The molecule has 28 heavy (non-hydrogen) atoms. The lowest BCUT2D eigenvalue weighted by atomic mass is 9.48. The van der Waals surface area contributed by atoms with Gasteiger partial charge in [-0.2, -0.15) is 0 Å². The lowest BCUT2D eigenvalue weighted by Gasteiger charge is -2.57. The van der Waals surface area contributed by atoms with Crippen LogP contribution in [0.5, 0.6) is 5.75 Å². The second-order valence-electron chi connectivity index (χ2n) is 9.28. The van der Waals surface area contributed by atoms with E-state index in [2.05, 4.69) is 17.4 Å². The molecule has 2 aromatic carbocycles. The van der Waals surface area contributed by atoms with Gasteiger partial charge in [0.25, 0.3) is 5.91 Å². The molecule has 3 heteroatoms. The summed E-state index contributed by atoms with van der Waals surface area (Å²) in [6, 6.07) is 16.4. The molecule has 0 aromatic heterocycles. The highest BCUT2D eigenvalue weighted by molar-refractivity contribution is 5.97. The van der Waals surface area contributed by atoms with E-state index in [-0.39, 0.29) is 11.3 Å². The van der Waals surface area contributed by atoms with Crippen LogP contribution in [0.4, 0.5) is 0 Å². The van der Waals surface area contributed by atoms with Gasteiger partial charge in [0.05, 0.1) is 12.7 Å². The van der Waals surface area contributed by atoms with Crippen LogP contribution >= 0.6 is 0 Å². The largest absolute Gasteiger partial charge is 0.496 e. The molecule has 146 valence electrons. The van der Waals surface area contributed by atoms with Crippen molar-refractivity contribution >= 4 is 5.91 Å². The van der Waals surface area contributed by atoms with Crippen LogP contribution in [0.2, 0.25) is 0 Å². The normalized spacial score (nSPS) is 30.2. The fourth-order valence-electron chi connectivity index (χ4n) is 6.55. The van der Waals surface area contributed by atoms with Gasteiger partial charge in [-0.15, -0.1) is 0 Å². The Bertz CT molecular complexity index is 838. The lowest BCUT2D eigenvalue weighted by molar-refractivity contribution is -0.00522. The van der Waals surface area contributed by atoms with E-state index in [0.29, 0.717) is 17.9 Å². The summed E-state index contributed by atoms with van der Waals surface area (Å²) in [6.45, 7) is 0.532. The SMILES string of the molecule is COc1ccc(C23CC4CC(CC(C4)C2)C3)cc1C(=O)NCc1ccccc1. The Morgan fingerprint density at radius 1 is 1.00 bits per heavy atom. The van der Waals surface area contributed by atoms with Gasteiger partial charge in [0, 0.05) is 6.54 Å². The summed E-state index contributed by atoms with van der Waals surface area (Å²) >= 11 is 0. The van der Waals surface area contributed by atoms with Gasteiger partial charge in [0.15, 0.2) is 0 Å². The minimum absolute atomic E-state index is 0.0488. The van der Waals surface area contributed by atoms with E-state index in [9.17, 15) is 4.79 Å². The van der Waals surface area contributed by atoms with Crippen LogP contribution in [0.15, 0.2) is 48.5 Å². The van der Waals surface area contributed by atoms with E-state index >= 15 is 0 Å². The van der Waals surface area contributed by atoms with Crippen LogP contribution in [-0.4, -0.2) is 13.0 Å². The molecule has 3 nitrogen and oxygen atoms in total. The molecule has 1 amide bonds. The molecule has 0 spiro atoms. The first kappa shape index (κ1) is 17.8. The van der Waals surface area contributed by atoms with Gasteiger partial charge in [-0.3, -0.25) is 4.79 Å². The van der Waals surface area contributed by atoms with Gasteiger partial charge in [-0.1, -0.05) is 36.4 Å². The van der Waals surface area contributed by atoms with Crippen molar-refractivity contribution in [2.24, 2.45) is 17.8 Å². The summed E-state index contributed by atoms with van der Waals surface area (Å²) in [5.74, 6) is 3.29. The Morgan fingerprint density at radius 3 is 2.25 bits per heavy atom. The van der Waals surface area contributed by atoms with E-state index in [1.807, 2.05) is 36.4 Å². The molecule has 0 saturated heterocycles. The summed E-state index contributed by atoms with van der Waals surface area (Å²) < 4.78 is 5.53. The van der Waals surface area contributed by atoms with Gasteiger partial charge in [0.1, 0.15) is 5.75 Å². The summed E-state index contributed by atoms with van der Waals surface area (Å²) in [4.78, 5) is 13.0. The zero-order valence-electron chi connectivity index (χ0n) is 16.6. The summed E-state index contributed by atoms with van der Waals surface area (Å²) in [6.07, 6.45) is 8.20. The van der Waals surface area contributed by atoms with Crippen molar-refractivity contribution in [2.45, 2.75) is 50.5 Å². The quantitative estimate of drug-likeness (QED) is 0.790. The number of nitrogens with one attached hydrogen (secondary N) is 1. The maximum Gasteiger partial charge on any atom is 0.255 e. The van der Waals surface area contributed by atoms with Gasteiger partial charge in [-0.25, -0.2) is 0 Å². The number of rotatable bonds is 5. The highest BCUT2D eigenvalue weighted by Gasteiger charge is 2.51. The van der Waals surface area contributed by atoms with Crippen LogP contribution in [0.1, 0.15) is 60.0 Å². The maximum atomic E-state index is 13.0. The zero-order chi connectivity index (χ0) is 19.1. The monoisotopic (exact) mass is 375 g/mol. The number of methoxy groups -OCH3 is 1. The van der Waals surface area contributed by atoms with Crippen LogP contribution < -0.4 is 10.1 Å². The fourth-order valence-corrected chi connectivity index (χ4v) is 6.55. The third kappa shape index (κ3) is 3.11. The average Bonchev–Trinajstić information content (AvgIpc) is 2.71. The smallest absolute Gasteiger partial charge is 0.255 e. The van der Waals surface area contributed by atoms with E-state index in [4.69, 9.17) is 4.74 Å². The predicted octanol–water partition coefficient (Wildman–Crippen LogP) is 5.09. The van der Waals surface area contributed by atoms with E-state index < -0.39 is 0 Å². The maximum absolute atomic E-state index is 13.0. The van der Waals surface area contributed by atoms with Crippen molar-refractivity contribution in [3.05, 3.63) is 65.2 Å². The molecular weight excluding hydrogens is 346 g/mol. The molecule has 0 aliphatic heterocycles. The van der Waals surface area contributed by atoms with Crippen molar-refractivity contribution < 1.29 is 9.53 Å². The standard InChI is InChI=1S/C25H29NO2/c1-28-23-8-7-21(25-13-18-9-19(14-25)11-20(10-18)15-25)12-22(23)24(27)26-16-17-5-3-2-4-6-17/h2-8,12,18-20H,9-11,13-16H2,1H3,(H,26,27). The highest BCUT2D eigenvalue weighted by atomic mass is 16.5. The van der Waals surface area contributed by atoms with Gasteiger partial charge < -0.3 is 10.1 Å². The Hall–Kier alpha value is -2.29. The van der Waals surface area contributed by atoms with Crippen molar-refractivity contribution in [3.8, 4) is 5.75 Å².